The summed E-state index contributed by atoms with van der Waals surface area (Å²) in [6, 6.07) is 6.15. The maximum atomic E-state index is 14.0. The number of amides is 1. The number of allylic oxidation sites excluding steroid dienone is 2. The number of hydrogen-bond donors (Lipinski definition) is 4. The molecule has 13 nitrogen and oxygen atoms in total. The second-order valence-corrected chi connectivity index (χ2v) is 11.2. The molecule has 2 fully saturated rings. The number of nitrogens with two attached hydrogens (primary N) is 1. The molecule has 0 saturated carbocycles. The molecule has 0 radical (unpaired) electrons. The number of piperazine rings is 1. The van der Waals surface area contributed by atoms with Gasteiger partial charge in [0.25, 0.3) is 5.56 Å². The number of nitrogens with zero attached hydrogens (tertiary/aromatic N) is 5. The van der Waals surface area contributed by atoms with Gasteiger partial charge in [0.05, 0.1) is 18.3 Å². The van der Waals surface area contributed by atoms with Crippen molar-refractivity contribution in [3.8, 4) is 0 Å². The second kappa shape index (κ2) is 12.4. The van der Waals surface area contributed by atoms with Gasteiger partial charge in [-0.25, -0.2) is 4.79 Å². The zero-order valence-corrected chi connectivity index (χ0v) is 24.4. The van der Waals surface area contributed by atoms with Crippen molar-refractivity contribution in [1.29, 1.82) is 0 Å². The number of imidazole rings is 1. The van der Waals surface area contributed by atoms with Gasteiger partial charge < -0.3 is 31.2 Å². The molecular formula is C29H39N9O4. The number of piperidine rings is 1. The highest BCUT2D eigenvalue weighted by Gasteiger charge is 2.27. The number of anilines is 2. The summed E-state index contributed by atoms with van der Waals surface area (Å²) in [6.07, 6.45) is 3.80. The maximum absolute atomic E-state index is 14.0. The van der Waals surface area contributed by atoms with E-state index in [1.165, 1.54) is 4.57 Å². The van der Waals surface area contributed by atoms with E-state index >= 15 is 0 Å². The molecule has 1 amide bonds. The SMILES string of the molecule is CC(C)=CCn1c(N2CCCC(N)C2)nc2c1c(=O)n(CC(=O)c1ccccc1NC(=O)C1CNCCN1)c(=O)n2C. The van der Waals surface area contributed by atoms with Gasteiger partial charge in [-0.1, -0.05) is 23.8 Å². The molecule has 5 N–H and O–H groups in total. The molecule has 2 atom stereocenters. The normalized spacial score (nSPS) is 19.1. The van der Waals surface area contributed by atoms with E-state index in [1.807, 2.05) is 24.5 Å². The largest absolute Gasteiger partial charge is 0.341 e. The molecule has 2 saturated heterocycles. The Labute approximate surface area is 243 Å². The fourth-order valence-electron chi connectivity index (χ4n) is 5.50. The molecular weight excluding hydrogens is 538 g/mol. The Bertz CT molecular complexity index is 1640. The summed E-state index contributed by atoms with van der Waals surface area (Å²) in [7, 11) is 1.55. The lowest BCUT2D eigenvalue weighted by Crippen LogP contribution is -2.54. The number of fused-ring (bicyclic) bond motifs is 1. The molecule has 2 aliphatic rings. The monoisotopic (exact) mass is 577 g/mol. The van der Waals surface area contributed by atoms with Crippen LogP contribution in [-0.2, 0) is 24.9 Å². The molecule has 0 aliphatic carbocycles. The Kier molecular flexibility index (Phi) is 8.71. The molecule has 42 heavy (non-hydrogen) atoms. The van der Waals surface area contributed by atoms with E-state index in [9.17, 15) is 19.2 Å². The summed E-state index contributed by atoms with van der Waals surface area (Å²) in [4.78, 5) is 60.6. The summed E-state index contributed by atoms with van der Waals surface area (Å²) >= 11 is 0. The van der Waals surface area contributed by atoms with Crippen LogP contribution in [0.5, 0.6) is 0 Å². The number of para-hydroxylation sites is 1. The van der Waals surface area contributed by atoms with E-state index in [2.05, 4.69) is 20.9 Å². The van der Waals surface area contributed by atoms with Crippen molar-refractivity contribution in [2.75, 3.05) is 42.9 Å². The van der Waals surface area contributed by atoms with Crippen LogP contribution in [0.3, 0.4) is 0 Å². The zero-order valence-electron chi connectivity index (χ0n) is 24.4. The molecule has 224 valence electrons. The minimum absolute atomic E-state index is 0.0146. The van der Waals surface area contributed by atoms with Crippen LogP contribution in [0.4, 0.5) is 11.6 Å². The summed E-state index contributed by atoms with van der Waals surface area (Å²) in [6.45, 7) is 7.06. The molecule has 2 aromatic heterocycles. The van der Waals surface area contributed by atoms with Crippen LogP contribution < -0.4 is 37.8 Å². The van der Waals surface area contributed by atoms with Gasteiger partial charge >= 0.3 is 5.69 Å². The number of benzene rings is 1. The predicted octanol–water partition coefficient (Wildman–Crippen LogP) is 0.173. The topological polar surface area (TPSA) is 161 Å². The second-order valence-electron chi connectivity index (χ2n) is 11.2. The van der Waals surface area contributed by atoms with Gasteiger partial charge in [-0.05, 0) is 38.8 Å². The van der Waals surface area contributed by atoms with Crippen molar-refractivity contribution in [1.82, 2.24) is 29.3 Å². The number of hydrogen-bond acceptors (Lipinski definition) is 9. The highest BCUT2D eigenvalue weighted by Crippen LogP contribution is 2.23. The van der Waals surface area contributed by atoms with Crippen molar-refractivity contribution in [3.63, 3.8) is 0 Å². The predicted molar refractivity (Wildman–Crippen MR) is 162 cm³/mol. The fraction of sp³-hybridized carbons (Fsp3) is 0.483. The van der Waals surface area contributed by atoms with Crippen molar-refractivity contribution < 1.29 is 9.59 Å². The smallest absolute Gasteiger partial charge is 0.332 e. The van der Waals surface area contributed by atoms with Crippen LogP contribution in [0.2, 0.25) is 0 Å². The Morgan fingerprint density at radius 2 is 1.95 bits per heavy atom. The van der Waals surface area contributed by atoms with Gasteiger partial charge in [0.15, 0.2) is 16.9 Å². The van der Waals surface area contributed by atoms with Gasteiger partial charge in [0.2, 0.25) is 11.9 Å². The van der Waals surface area contributed by atoms with Crippen LogP contribution in [0, 0.1) is 0 Å². The summed E-state index contributed by atoms with van der Waals surface area (Å²) in [5.41, 5.74) is 7.11. The lowest BCUT2D eigenvalue weighted by molar-refractivity contribution is -0.118. The molecule has 0 bridgehead atoms. The van der Waals surface area contributed by atoms with Crippen LogP contribution in [0.1, 0.15) is 37.0 Å². The van der Waals surface area contributed by atoms with E-state index in [0.717, 1.165) is 36.1 Å². The number of Topliss-reactive ketones (excluding diaryl/α,β-unsaturated/α-hetero) is 1. The van der Waals surface area contributed by atoms with Crippen LogP contribution in [-0.4, -0.2) is 75.2 Å². The van der Waals surface area contributed by atoms with Crippen LogP contribution in [0.15, 0.2) is 45.5 Å². The van der Waals surface area contributed by atoms with Crippen LogP contribution >= 0.6 is 0 Å². The Hall–Kier alpha value is -4.07. The number of aromatic nitrogens is 4. The average molecular weight is 578 g/mol. The summed E-state index contributed by atoms with van der Waals surface area (Å²) in [5, 5.41) is 9.13. The lowest BCUT2D eigenvalue weighted by Gasteiger charge is -2.31. The summed E-state index contributed by atoms with van der Waals surface area (Å²) < 4.78 is 4.07. The highest BCUT2D eigenvalue weighted by atomic mass is 16.2. The molecule has 0 spiro atoms. The molecule has 1 aromatic carbocycles. The number of rotatable bonds is 8. The first kappa shape index (κ1) is 29.4. The van der Waals surface area contributed by atoms with E-state index in [0.29, 0.717) is 37.8 Å². The first-order chi connectivity index (χ1) is 20.2. The quantitative estimate of drug-likeness (QED) is 0.216. The van der Waals surface area contributed by atoms with E-state index in [1.54, 1.807) is 31.3 Å². The zero-order chi connectivity index (χ0) is 30.0. The minimum atomic E-state index is -0.645. The van der Waals surface area contributed by atoms with E-state index in [-0.39, 0.29) is 28.7 Å². The van der Waals surface area contributed by atoms with Gasteiger partial charge in [-0.2, -0.15) is 4.98 Å². The van der Waals surface area contributed by atoms with Gasteiger partial charge in [-0.15, -0.1) is 0 Å². The van der Waals surface area contributed by atoms with Crippen molar-refractivity contribution in [2.24, 2.45) is 12.8 Å². The third-order valence-corrected chi connectivity index (χ3v) is 7.78. The van der Waals surface area contributed by atoms with Gasteiger partial charge in [-0.3, -0.25) is 23.5 Å². The molecule has 13 heteroatoms. The third-order valence-electron chi connectivity index (χ3n) is 7.78. The maximum Gasteiger partial charge on any atom is 0.332 e. The number of aryl methyl sites for hydroxylation is 1. The Balaban J connectivity index is 1.53. The van der Waals surface area contributed by atoms with Gasteiger partial charge in [0, 0.05) is 57.9 Å². The first-order valence-electron chi connectivity index (χ1n) is 14.4. The van der Waals surface area contributed by atoms with Crippen molar-refractivity contribution in [2.45, 2.75) is 51.9 Å². The van der Waals surface area contributed by atoms with E-state index in [4.69, 9.17) is 10.7 Å². The molecule has 4 heterocycles. The molecule has 2 unspecified atom stereocenters. The van der Waals surface area contributed by atoms with E-state index < -0.39 is 29.6 Å². The minimum Gasteiger partial charge on any atom is -0.341 e. The molecule has 2 aliphatic heterocycles. The highest BCUT2D eigenvalue weighted by molar-refractivity contribution is 6.05. The Morgan fingerprint density at radius 3 is 2.67 bits per heavy atom. The molecule has 3 aromatic rings. The number of carbonyl (C=O) groups is 2. The van der Waals surface area contributed by atoms with Crippen molar-refractivity contribution >= 4 is 34.5 Å². The fourth-order valence-corrected chi connectivity index (χ4v) is 5.50. The van der Waals surface area contributed by atoms with Crippen LogP contribution in [0.25, 0.3) is 11.2 Å². The third kappa shape index (κ3) is 5.94. The first-order valence-corrected chi connectivity index (χ1v) is 14.4. The van der Waals surface area contributed by atoms with Crippen molar-refractivity contribution in [3.05, 3.63) is 62.3 Å². The standard InChI is InChI=1S/C29H39N9O4/c1-18(2)10-14-37-24-25(34-28(37)36-13-6-7-19(30)16-36)35(3)29(42)38(27(24)41)17-23(39)20-8-4-5-9-21(20)33-26(40)22-15-31-11-12-32-22/h4-5,8-10,19,22,31-32H,6-7,11-17,30H2,1-3H3,(H,33,40). The summed E-state index contributed by atoms with van der Waals surface area (Å²) in [5.74, 6) is -0.172. The Morgan fingerprint density at radius 1 is 1.17 bits per heavy atom. The number of nitrogens with one attached hydrogen (secondary N) is 3. The average Bonchev–Trinajstić information content (AvgIpc) is 3.37. The number of carbonyl (C=O) groups excluding carboxylic acids is 2. The lowest BCUT2D eigenvalue weighted by atomic mass is 10.1. The van der Waals surface area contributed by atoms with Gasteiger partial charge in [0.1, 0.15) is 0 Å². The molecule has 5 rings (SSSR count). The number of ketones is 1.